The van der Waals surface area contributed by atoms with Crippen molar-refractivity contribution in [3.05, 3.63) is 0 Å². The maximum Gasteiger partial charge on any atom is 0.0690 e. The Bertz CT molecular complexity index is 233. The number of nitrogens with zero attached hydrogens (tertiary/aromatic N) is 2. The molecule has 2 heterocycles. The smallest absolute Gasteiger partial charge is 0.0690 e. The standard InChI is InChI=1S/C15H30N2O/c1-3-15(18)13(2)17-10-6-14(7-11-17)12-16-8-4-5-9-16/h13-15,18H,3-12H2,1-2H3. The summed E-state index contributed by atoms with van der Waals surface area (Å²) in [6.45, 7) is 10.6. The molecule has 0 radical (unpaired) electrons. The Balaban J connectivity index is 1.70. The van der Waals surface area contributed by atoms with Gasteiger partial charge in [0.05, 0.1) is 6.10 Å². The maximum atomic E-state index is 9.92. The lowest BCUT2D eigenvalue weighted by atomic mass is 9.94. The van der Waals surface area contributed by atoms with Gasteiger partial charge < -0.3 is 10.0 Å². The molecule has 1 N–H and O–H groups in total. The van der Waals surface area contributed by atoms with E-state index in [4.69, 9.17) is 0 Å². The number of aliphatic hydroxyl groups excluding tert-OH is 1. The van der Waals surface area contributed by atoms with Crippen molar-refractivity contribution in [3.63, 3.8) is 0 Å². The van der Waals surface area contributed by atoms with E-state index in [2.05, 4.69) is 23.6 Å². The first-order valence-corrected chi connectivity index (χ1v) is 7.85. The number of rotatable bonds is 5. The third kappa shape index (κ3) is 3.69. The maximum absolute atomic E-state index is 9.92. The number of likely N-dealkylation sites (tertiary alicyclic amines) is 2. The van der Waals surface area contributed by atoms with Crippen LogP contribution in [0.25, 0.3) is 0 Å². The van der Waals surface area contributed by atoms with Gasteiger partial charge in [0, 0.05) is 12.6 Å². The first kappa shape index (κ1) is 14.3. The van der Waals surface area contributed by atoms with E-state index in [-0.39, 0.29) is 6.10 Å². The second-order valence-electron chi connectivity index (χ2n) is 6.20. The first-order chi connectivity index (χ1) is 8.70. The van der Waals surface area contributed by atoms with E-state index in [0.717, 1.165) is 12.3 Å². The van der Waals surface area contributed by atoms with Crippen LogP contribution in [0.4, 0.5) is 0 Å². The summed E-state index contributed by atoms with van der Waals surface area (Å²) in [5.74, 6) is 0.894. The highest BCUT2D eigenvalue weighted by Gasteiger charge is 2.27. The minimum absolute atomic E-state index is 0.153. The number of piperidine rings is 1. The summed E-state index contributed by atoms with van der Waals surface area (Å²) in [6.07, 6.45) is 6.15. The summed E-state index contributed by atoms with van der Waals surface area (Å²) in [5, 5.41) is 9.92. The molecular weight excluding hydrogens is 224 g/mol. The minimum atomic E-state index is -0.153. The highest BCUT2D eigenvalue weighted by atomic mass is 16.3. The van der Waals surface area contributed by atoms with E-state index in [1.807, 2.05) is 0 Å². The minimum Gasteiger partial charge on any atom is -0.392 e. The molecule has 0 saturated carbocycles. The zero-order valence-corrected chi connectivity index (χ0v) is 12.1. The van der Waals surface area contributed by atoms with Gasteiger partial charge in [-0.2, -0.15) is 0 Å². The summed E-state index contributed by atoms with van der Waals surface area (Å²) in [7, 11) is 0. The van der Waals surface area contributed by atoms with Crippen molar-refractivity contribution in [2.45, 2.75) is 58.1 Å². The highest BCUT2D eigenvalue weighted by Crippen LogP contribution is 2.23. The molecule has 0 aromatic rings. The lowest BCUT2D eigenvalue weighted by Gasteiger charge is -2.38. The van der Waals surface area contributed by atoms with Crippen LogP contribution >= 0.6 is 0 Å². The van der Waals surface area contributed by atoms with Crippen LogP contribution in [0, 0.1) is 5.92 Å². The second-order valence-corrected chi connectivity index (χ2v) is 6.20. The summed E-state index contributed by atoms with van der Waals surface area (Å²) in [6, 6.07) is 0.336. The van der Waals surface area contributed by atoms with Gasteiger partial charge in [0.15, 0.2) is 0 Å². The summed E-state index contributed by atoms with van der Waals surface area (Å²) >= 11 is 0. The Labute approximate surface area is 112 Å². The van der Waals surface area contributed by atoms with Gasteiger partial charge in [0.25, 0.3) is 0 Å². The van der Waals surface area contributed by atoms with Gasteiger partial charge in [-0.05, 0) is 71.1 Å². The molecule has 0 amide bonds. The zero-order valence-electron chi connectivity index (χ0n) is 12.1. The van der Waals surface area contributed by atoms with Gasteiger partial charge in [-0.3, -0.25) is 4.90 Å². The van der Waals surface area contributed by atoms with Crippen LogP contribution < -0.4 is 0 Å². The summed E-state index contributed by atoms with van der Waals surface area (Å²) < 4.78 is 0. The summed E-state index contributed by atoms with van der Waals surface area (Å²) in [5.41, 5.74) is 0. The number of hydrogen-bond acceptors (Lipinski definition) is 3. The molecule has 18 heavy (non-hydrogen) atoms. The third-order valence-corrected chi connectivity index (χ3v) is 4.92. The predicted octanol–water partition coefficient (Wildman–Crippen LogP) is 1.95. The van der Waals surface area contributed by atoms with Crippen molar-refractivity contribution in [3.8, 4) is 0 Å². The molecule has 0 aromatic heterocycles. The van der Waals surface area contributed by atoms with Crippen LogP contribution in [0.1, 0.15) is 46.0 Å². The highest BCUT2D eigenvalue weighted by molar-refractivity contribution is 4.81. The largest absolute Gasteiger partial charge is 0.392 e. The fraction of sp³-hybridized carbons (Fsp3) is 1.00. The Kier molecular flexibility index (Phi) is 5.46. The molecule has 2 rings (SSSR count). The normalized spacial score (nSPS) is 27.5. The topological polar surface area (TPSA) is 26.7 Å². The van der Waals surface area contributed by atoms with E-state index in [1.54, 1.807) is 0 Å². The number of hydrogen-bond donors (Lipinski definition) is 1. The molecule has 2 saturated heterocycles. The van der Waals surface area contributed by atoms with Crippen LogP contribution in [-0.2, 0) is 0 Å². The van der Waals surface area contributed by atoms with Gasteiger partial charge in [0.1, 0.15) is 0 Å². The van der Waals surface area contributed by atoms with Gasteiger partial charge in [-0.1, -0.05) is 6.92 Å². The molecule has 2 unspecified atom stereocenters. The lowest BCUT2D eigenvalue weighted by molar-refractivity contribution is 0.0327. The molecule has 0 bridgehead atoms. The quantitative estimate of drug-likeness (QED) is 0.812. The van der Waals surface area contributed by atoms with Crippen molar-refractivity contribution in [2.75, 3.05) is 32.7 Å². The Morgan fingerprint density at radius 2 is 1.72 bits per heavy atom. The monoisotopic (exact) mass is 254 g/mol. The fourth-order valence-electron chi connectivity index (χ4n) is 3.46. The molecule has 2 fully saturated rings. The molecule has 106 valence electrons. The molecule has 3 heteroatoms. The fourth-order valence-corrected chi connectivity index (χ4v) is 3.46. The molecule has 0 aliphatic carbocycles. The lowest BCUT2D eigenvalue weighted by Crippen LogP contribution is -2.46. The Hall–Kier alpha value is -0.120. The van der Waals surface area contributed by atoms with Crippen LogP contribution in [0.2, 0.25) is 0 Å². The van der Waals surface area contributed by atoms with Gasteiger partial charge in [-0.15, -0.1) is 0 Å². The molecule has 3 nitrogen and oxygen atoms in total. The van der Waals surface area contributed by atoms with E-state index >= 15 is 0 Å². The van der Waals surface area contributed by atoms with E-state index in [0.29, 0.717) is 6.04 Å². The van der Waals surface area contributed by atoms with Crippen LogP contribution in [0.15, 0.2) is 0 Å². The molecule has 2 atom stereocenters. The SMILES string of the molecule is CCC(O)C(C)N1CCC(CN2CCCC2)CC1. The first-order valence-electron chi connectivity index (χ1n) is 7.85. The van der Waals surface area contributed by atoms with E-state index in [1.165, 1.54) is 58.4 Å². The van der Waals surface area contributed by atoms with Crippen molar-refractivity contribution >= 4 is 0 Å². The number of aliphatic hydroxyl groups is 1. The third-order valence-electron chi connectivity index (χ3n) is 4.92. The van der Waals surface area contributed by atoms with Gasteiger partial charge >= 0.3 is 0 Å². The zero-order chi connectivity index (χ0) is 13.0. The van der Waals surface area contributed by atoms with Crippen molar-refractivity contribution < 1.29 is 5.11 Å². The van der Waals surface area contributed by atoms with Gasteiger partial charge in [-0.25, -0.2) is 0 Å². The molecular formula is C15H30N2O. The molecule has 2 aliphatic rings. The van der Waals surface area contributed by atoms with Crippen LogP contribution in [-0.4, -0.2) is 59.8 Å². The van der Waals surface area contributed by atoms with Crippen LogP contribution in [0.3, 0.4) is 0 Å². The molecule has 0 aromatic carbocycles. The molecule has 2 aliphatic heterocycles. The van der Waals surface area contributed by atoms with Crippen molar-refractivity contribution in [1.29, 1.82) is 0 Å². The molecule has 0 spiro atoms. The van der Waals surface area contributed by atoms with Crippen molar-refractivity contribution in [1.82, 2.24) is 9.80 Å². The Morgan fingerprint density at radius 1 is 1.11 bits per heavy atom. The average Bonchev–Trinajstić information content (AvgIpc) is 2.91. The predicted molar refractivity (Wildman–Crippen MR) is 75.7 cm³/mol. The van der Waals surface area contributed by atoms with Gasteiger partial charge in [0.2, 0.25) is 0 Å². The van der Waals surface area contributed by atoms with E-state index in [9.17, 15) is 5.11 Å². The van der Waals surface area contributed by atoms with E-state index < -0.39 is 0 Å². The van der Waals surface area contributed by atoms with Crippen LogP contribution in [0.5, 0.6) is 0 Å². The Morgan fingerprint density at radius 3 is 2.28 bits per heavy atom. The average molecular weight is 254 g/mol. The second kappa shape index (κ2) is 6.88. The summed E-state index contributed by atoms with van der Waals surface area (Å²) in [4.78, 5) is 5.12. The van der Waals surface area contributed by atoms with Crippen molar-refractivity contribution in [2.24, 2.45) is 5.92 Å².